The first-order valence-electron chi connectivity index (χ1n) is 7.02. The number of pyridine rings is 2. The summed E-state index contributed by atoms with van der Waals surface area (Å²) in [6.07, 6.45) is 6.63. The van der Waals surface area contributed by atoms with E-state index < -0.39 is 0 Å². The third-order valence-electron chi connectivity index (χ3n) is 4.03. The van der Waals surface area contributed by atoms with Crippen molar-refractivity contribution in [1.82, 2.24) is 15.3 Å². The normalized spacial score (nSPS) is 19.4. The summed E-state index contributed by atoms with van der Waals surface area (Å²) in [4.78, 5) is 8.77. The van der Waals surface area contributed by atoms with Crippen molar-refractivity contribution in [3.8, 4) is 0 Å². The van der Waals surface area contributed by atoms with Gasteiger partial charge in [0.25, 0.3) is 0 Å². The minimum atomic E-state index is -0.255. The molecule has 2 unspecified atom stereocenters. The van der Waals surface area contributed by atoms with Crippen molar-refractivity contribution in [2.75, 3.05) is 7.05 Å². The summed E-state index contributed by atoms with van der Waals surface area (Å²) >= 11 is 0. The minimum absolute atomic E-state index is 0.134. The molecule has 2 aromatic rings. The van der Waals surface area contributed by atoms with Crippen LogP contribution in [0, 0.1) is 5.82 Å². The van der Waals surface area contributed by atoms with E-state index in [4.69, 9.17) is 0 Å². The maximum atomic E-state index is 14.0. The number of rotatable bonds is 3. The van der Waals surface area contributed by atoms with Crippen LogP contribution in [0.2, 0.25) is 0 Å². The molecule has 20 heavy (non-hydrogen) atoms. The van der Waals surface area contributed by atoms with Crippen molar-refractivity contribution >= 4 is 0 Å². The molecule has 2 heterocycles. The first-order chi connectivity index (χ1) is 9.81. The van der Waals surface area contributed by atoms with E-state index in [1.54, 1.807) is 12.3 Å². The van der Waals surface area contributed by atoms with E-state index in [0.717, 1.165) is 25.0 Å². The highest BCUT2D eigenvalue weighted by Gasteiger charge is 2.31. The predicted octanol–water partition coefficient (Wildman–Crippen LogP) is 3.00. The number of aryl methyl sites for hydroxylation is 1. The van der Waals surface area contributed by atoms with E-state index >= 15 is 0 Å². The lowest BCUT2D eigenvalue weighted by Gasteiger charge is -2.31. The molecule has 104 valence electrons. The van der Waals surface area contributed by atoms with Gasteiger partial charge in [0, 0.05) is 24.0 Å². The van der Waals surface area contributed by atoms with Gasteiger partial charge in [-0.3, -0.25) is 9.97 Å². The van der Waals surface area contributed by atoms with Crippen molar-refractivity contribution < 1.29 is 4.39 Å². The van der Waals surface area contributed by atoms with Crippen LogP contribution in [-0.2, 0) is 6.42 Å². The van der Waals surface area contributed by atoms with Gasteiger partial charge in [0.15, 0.2) is 0 Å². The van der Waals surface area contributed by atoms with Gasteiger partial charge < -0.3 is 5.32 Å². The zero-order valence-corrected chi connectivity index (χ0v) is 11.5. The summed E-state index contributed by atoms with van der Waals surface area (Å²) in [5, 5.41) is 3.23. The molecule has 1 aliphatic carbocycles. The fourth-order valence-corrected chi connectivity index (χ4v) is 3.12. The molecule has 3 nitrogen and oxygen atoms in total. The Bertz CT molecular complexity index is 600. The number of halogens is 1. The van der Waals surface area contributed by atoms with E-state index in [1.165, 1.54) is 11.6 Å². The lowest BCUT2D eigenvalue weighted by molar-refractivity contribution is 0.394. The molecule has 0 radical (unpaired) electrons. The first-order valence-corrected chi connectivity index (χ1v) is 7.02. The van der Waals surface area contributed by atoms with Gasteiger partial charge in [-0.2, -0.15) is 0 Å². The van der Waals surface area contributed by atoms with Crippen molar-refractivity contribution in [3.63, 3.8) is 0 Å². The van der Waals surface area contributed by atoms with Crippen molar-refractivity contribution in [1.29, 1.82) is 0 Å². The lowest BCUT2D eigenvalue weighted by atomic mass is 9.80. The Kier molecular flexibility index (Phi) is 3.74. The van der Waals surface area contributed by atoms with Crippen molar-refractivity contribution in [3.05, 3.63) is 59.4 Å². The van der Waals surface area contributed by atoms with Gasteiger partial charge in [-0.15, -0.1) is 0 Å². The van der Waals surface area contributed by atoms with Crippen molar-refractivity contribution in [2.45, 2.75) is 31.2 Å². The molecular formula is C16H18FN3. The maximum absolute atomic E-state index is 14.0. The number of nitrogens with zero attached hydrogens (tertiary/aromatic N) is 2. The molecule has 0 spiro atoms. The highest BCUT2D eigenvalue weighted by atomic mass is 19.1. The third kappa shape index (κ3) is 2.31. The van der Waals surface area contributed by atoms with Gasteiger partial charge in [0.1, 0.15) is 5.82 Å². The molecule has 3 rings (SSSR count). The van der Waals surface area contributed by atoms with E-state index in [9.17, 15) is 4.39 Å². The zero-order chi connectivity index (χ0) is 13.9. The van der Waals surface area contributed by atoms with Crippen LogP contribution in [0.1, 0.15) is 41.8 Å². The van der Waals surface area contributed by atoms with E-state index in [0.29, 0.717) is 5.69 Å². The summed E-state index contributed by atoms with van der Waals surface area (Å²) in [5.41, 5.74) is 2.85. The highest BCUT2D eigenvalue weighted by molar-refractivity contribution is 5.29. The van der Waals surface area contributed by atoms with E-state index in [1.807, 2.05) is 19.3 Å². The fraction of sp³-hybridized carbons (Fsp3) is 0.375. The molecule has 0 amide bonds. The average molecular weight is 271 g/mol. The minimum Gasteiger partial charge on any atom is -0.311 e. The quantitative estimate of drug-likeness (QED) is 0.932. The topological polar surface area (TPSA) is 37.8 Å². The Hall–Kier alpha value is -1.81. The Morgan fingerprint density at radius 2 is 2.05 bits per heavy atom. The highest BCUT2D eigenvalue weighted by Crippen LogP contribution is 2.38. The van der Waals surface area contributed by atoms with Gasteiger partial charge in [0.05, 0.1) is 11.7 Å². The van der Waals surface area contributed by atoms with Gasteiger partial charge in [-0.05, 0) is 50.1 Å². The Labute approximate surface area is 118 Å². The van der Waals surface area contributed by atoms with Crippen LogP contribution < -0.4 is 5.32 Å². The Morgan fingerprint density at radius 3 is 2.85 bits per heavy atom. The molecule has 0 aromatic carbocycles. The zero-order valence-electron chi connectivity index (χ0n) is 11.5. The summed E-state index contributed by atoms with van der Waals surface area (Å²) < 4.78 is 14.0. The number of nitrogens with one attached hydrogen (secondary N) is 1. The summed E-state index contributed by atoms with van der Waals surface area (Å²) in [6.45, 7) is 0. The second-order valence-corrected chi connectivity index (χ2v) is 5.18. The molecule has 2 aromatic heterocycles. The standard InChI is InChI=1S/C16H18FN3/c1-18-15(16-13(17)8-4-10-20-16)12-7-2-5-11-6-3-9-19-14(11)12/h3-4,6,8-10,12,15,18H,2,5,7H2,1H3. The van der Waals surface area contributed by atoms with Crippen molar-refractivity contribution in [2.24, 2.45) is 0 Å². The molecule has 0 aliphatic heterocycles. The summed E-state index contributed by atoms with van der Waals surface area (Å²) in [5.74, 6) is -0.0794. The van der Waals surface area contributed by atoms with E-state index in [-0.39, 0.29) is 17.8 Å². The number of likely N-dealkylation sites (N-methyl/N-ethyl adjacent to an activating group) is 1. The average Bonchev–Trinajstić information content (AvgIpc) is 2.50. The maximum Gasteiger partial charge on any atom is 0.146 e. The Balaban J connectivity index is 2.01. The predicted molar refractivity (Wildman–Crippen MR) is 75.9 cm³/mol. The molecule has 0 saturated carbocycles. The fourth-order valence-electron chi connectivity index (χ4n) is 3.12. The van der Waals surface area contributed by atoms with Crippen LogP contribution in [-0.4, -0.2) is 17.0 Å². The van der Waals surface area contributed by atoms with Crippen LogP contribution in [0.3, 0.4) is 0 Å². The first kappa shape index (κ1) is 13.2. The molecule has 1 N–H and O–H groups in total. The van der Waals surface area contributed by atoms with Crippen LogP contribution in [0.25, 0.3) is 0 Å². The number of aromatic nitrogens is 2. The number of hydrogen-bond donors (Lipinski definition) is 1. The lowest BCUT2D eigenvalue weighted by Crippen LogP contribution is -2.29. The molecule has 0 fully saturated rings. The van der Waals surface area contributed by atoms with Crippen LogP contribution in [0.15, 0.2) is 36.7 Å². The van der Waals surface area contributed by atoms with Gasteiger partial charge in [0.2, 0.25) is 0 Å². The Morgan fingerprint density at radius 1 is 1.25 bits per heavy atom. The number of fused-ring (bicyclic) bond motifs is 1. The molecule has 0 saturated heterocycles. The van der Waals surface area contributed by atoms with Crippen LogP contribution in [0.5, 0.6) is 0 Å². The van der Waals surface area contributed by atoms with Crippen LogP contribution in [0.4, 0.5) is 4.39 Å². The third-order valence-corrected chi connectivity index (χ3v) is 4.03. The van der Waals surface area contributed by atoms with Gasteiger partial charge >= 0.3 is 0 Å². The molecule has 0 bridgehead atoms. The molecule has 1 aliphatic rings. The molecule has 4 heteroatoms. The smallest absolute Gasteiger partial charge is 0.146 e. The summed E-state index contributed by atoms with van der Waals surface area (Å²) in [6, 6.07) is 7.05. The van der Waals surface area contributed by atoms with Crippen LogP contribution >= 0.6 is 0 Å². The second-order valence-electron chi connectivity index (χ2n) is 5.18. The van der Waals surface area contributed by atoms with Gasteiger partial charge in [-0.25, -0.2) is 4.39 Å². The summed E-state index contributed by atoms with van der Waals surface area (Å²) in [7, 11) is 1.86. The number of hydrogen-bond acceptors (Lipinski definition) is 3. The molecule has 2 atom stereocenters. The second kappa shape index (κ2) is 5.67. The van der Waals surface area contributed by atoms with Gasteiger partial charge in [-0.1, -0.05) is 6.07 Å². The van der Waals surface area contributed by atoms with E-state index in [2.05, 4.69) is 21.4 Å². The largest absolute Gasteiger partial charge is 0.311 e. The SMILES string of the molecule is CNC(c1ncccc1F)C1CCCc2cccnc21. The molecular weight excluding hydrogens is 253 g/mol. The monoisotopic (exact) mass is 271 g/mol.